The summed E-state index contributed by atoms with van der Waals surface area (Å²) in [6.45, 7) is 0. The van der Waals surface area contributed by atoms with Gasteiger partial charge in [0.2, 0.25) is 5.91 Å². The molecule has 1 N–H and O–H groups in total. The number of anilines is 1. The molecule has 2 heterocycles. The molecule has 0 aliphatic heterocycles. The van der Waals surface area contributed by atoms with E-state index >= 15 is 0 Å². The van der Waals surface area contributed by atoms with E-state index in [0.717, 1.165) is 17.4 Å². The first-order valence-electron chi connectivity index (χ1n) is 7.49. The van der Waals surface area contributed by atoms with Gasteiger partial charge < -0.3 is 5.32 Å². The molecule has 1 atom stereocenters. The fourth-order valence-corrected chi connectivity index (χ4v) is 2.85. The Morgan fingerprint density at radius 1 is 1.35 bits per heavy atom. The highest BCUT2D eigenvalue weighted by Crippen LogP contribution is 2.21. The lowest BCUT2D eigenvalue weighted by atomic mass is 10.1. The lowest BCUT2D eigenvalue weighted by Crippen LogP contribution is -2.37. The van der Waals surface area contributed by atoms with E-state index in [9.17, 15) is 14.4 Å². The van der Waals surface area contributed by atoms with Gasteiger partial charge in [-0.25, -0.2) is 9.78 Å². The molecular weight excluding hydrogens is 296 g/mol. The maximum Gasteiger partial charge on any atom is 0.332 e. The highest BCUT2D eigenvalue weighted by molar-refractivity contribution is 5.92. The summed E-state index contributed by atoms with van der Waals surface area (Å²) in [6, 6.07) is 1.56. The molecule has 1 amide bonds. The third-order valence-corrected chi connectivity index (χ3v) is 4.14. The minimum absolute atomic E-state index is 0.107. The summed E-state index contributed by atoms with van der Waals surface area (Å²) < 4.78 is 2.34. The van der Waals surface area contributed by atoms with Crippen LogP contribution in [0.1, 0.15) is 19.3 Å². The van der Waals surface area contributed by atoms with Crippen molar-refractivity contribution in [3.8, 4) is 0 Å². The average molecular weight is 314 g/mol. The van der Waals surface area contributed by atoms with Crippen LogP contribution in [0.5, 0.6) is 0 Å². The summed E-state index contributed by atoms with van der Waals surface area (Å²) in [4.78, 5) is 40.3. The molecule has 0 spiro atoms. The van der Waals surface area contributed by atoms with Crippen LogP contribution in [0.25, 0.3) is 11.0 Å². The molecule has 1 aliphatic rings. The minimum atomic E-state index is -0.431. The maximum absolute atomic E-state index is 12.2. The second-order valence-electron chi connectivity index (χ2n) is 5.82. The van der Waals surface area contributed by atoms with Gasteiger partial charge in [-0.15, -0.1) is 0 Å². The first-order valence-corrected chi connectivity index (χ1v) is 7.49. The molecular formula is C16H18N4O3. The normalized spacial score (nSPS) is 16.9. The third-order valence-electron chi connectivity index (χ3n) is 4.14. The van der Waals surface area contributed by atoms with Gasteiger partial charge in [0.25, 0.3) is 5.56 Å². The summed E-state index contributed by atoms with van der Waals surface area (Å²) in [5, 5.41) is 3.07. The van der Waals surface area contributed by atoms with E-state index in [1.165, 1.54) is 17.8 Å². The van der Waals surface area contributed by atoms with Crippen LogP contribution in [-0.4, -0.2) is 20.0 Å². The predicted octanol–water partition coefficient (Wildman–Crippen LogP) is 0.927. The number of allylic oxidation sites excluding steroid dienone is 2. The largest absolute Gasteiger partial charge is 0.332 e. The summed E-state index contributed by atoms with van der Waals surface area (Å²) in [5.41, 5.74) is -0.0970. The van der Waals surface area contributed by atoms with Crippen LogP contribution in [0.2, 0.25) is 0 Å². The van der Waals surface area contributed by atoms with Crippen LogP contribution in [0.4, 0.5) is 5.69 Å². The highest BCUT2D eigenvalue weighted by Gasteiger charge is 2.15. The number of rotatable bonds is 3. The Labute approximate surface area is 132 Å². The van der Waals surface area contributed by atoms with Crippen LogP contribution in [0.3, 0.4) is 0 Å². The fraction of sp³-hybridized carbons (Fsp3) is 0.375. The molecule has 1 unspecified atom stereocenters. The predicted molar refractivity (Wildman–Crippen MR) is 87.3 cm³/mol. The maximum atomic E-state index is 12.2. The van der Waals surface area contributed by atoms with Crippen LogP contribution in [-0.2, 0) is 18.9 Å². The highest BCUT2D eigenvalue weighted by atomic mass is 16.2. The first kappa shape index (κ1) is 15.2. The quantitative estimate of drug-likeness (QED) is 0.854. The molecule has 7 heteroatoms. The lowest BCUT2D eigenvalue weighted by molar-refractivity contribution is -0.116. The number of fused-ring (bicyclic) bond motifs is 1. The summed E-state index contributed by atoms with van der Waals surface area (Å²) >= 11 is 0. The molecule has 2 aromatic heterocycles. The van der Waals surface area contributed by atoms with E-state index in [2.05, 4.69) is 22.5 Å². The molecule has 0 bridgehead atoms. The summed E-state index contributed by atoms with van der Waals surface area (Å²) in [5.74, 6) is 0.168. The van der Waals surface area contributed by atoms with Crippen LogP contribution < -0.4 is 16.6 Å². The molecule has 0 saturated carbocycles. The Balaban J connectivity index is 1.91. The smallest absolute Gasteiger partial charge is 0.325 e. The standard InChI is InChI=1S/C16H18N4O3/c1-19-14-12(15(22)20(2)16(19)23)8-11(9-17-14)18-13(21)7-10-5-3-4-6-10/h3,5,8-10H,4,6-7H2,1-2H3,(H,18,21). The monoisotopic (exact) mass is 314 g/mol. The molecule has 23 heavy (non-hydrogen) atoms. The van der Waals surface area contributed by atoms with Gasteiger partial charge in [-0.3, -0.25) is 18.7 Å². The van der Waals surface area contributed by atoms with Crippen LogP contribution >= 0.6 is 0 Å². The Morgan fingerprint density at radius 3 is 2.83 bits per heavy atom. The van der Waals surface area contributed by atoms with Gasteiger partial charge in [-0.2, -0.15) is 0 Å². The van der Waals surface area contributed by atoms with Crippen molar-refractivity contribution < 1.29 is 4.79 Å². The number of nitrogens with zero attached hydrogens (tertiary/aromatic N) is 3. The topological polar surface area (TPSA) is 86.0 Å². The number of aryl methyl sites for hydroxylation is 1. The SMILES string of the molecule is Cn1c(=O)c2cc(NC(=O)CC3C=CCC3)cnc2n(C)c1=O. The van der Waals surface area contributed by atoms with E-state index in [0.29, 0.717) is 23.1 Å². The number of carbonyl (C=O) groups excluding carboxylic acids is 1. The zero-order valence-corrected chi connectivity index (χ0v) is 13.1. The first-order chi connectivity index (χ1) is 11.0. The van der Waals surface area contributed by atoms with E-state index in [4.69, 9.17) is 0 Å². The minimum Gasteiger partial charge on any atom is -0.325 e. The number of nitrogens with one attached hydrogen (secondary N) is 1. The summed E-state index contributed by atoms with van der Waals surface area (Å²) in [6.07, 6.45) is 8.03. The van der Waals surface area contributed by atoms with Crippen molar-refractivity contribution in [1.82, 2.24) is 14.1 Å². The van der Waals surface area contributed by atoms with Crippen molar-refractivity contribution in [2.45, 2.75) is 19.3 Å². The second-order valence-corrected chi connectivity index (χ2v) is 5.82. The number of hydrogen-bond acceptors (Lipinski definition) is 4. The van der Waals surface area contributed by atoms with Crippen molar-refractivity contribution in [1.29, 1.82) is 0 Å². The zero-order chi connectivity index (χ0) is 16.6. The lowest BCUT2D eigenvalue weighted by Gasteiger charge is -2.10. The number of hydrogen-bond donors (Lipinski definition) is 1. The molecule has 3 rings (SSSR count). The van der Waals surface area contributed by atoms with Crippen LogP contribution in [0.15, 0.2) is 34.0 Å². The number of carbonyl (C=O) groups is 1. The van der Waals surface area contributed by atoms with Crippen molar-refractivity contribution in [3.05, 3.63) is 45.3 Å². The number of amides is 1. The number of pyridine rings is 1. The molecule has 0 saturated heterocycles. The van der Waals surface area contributed by atoms with Gasteiger partial charge in [0, 0.05) is 20.5 Å². The van der Waals surface area contributed by atoms with Crippen molar-refractivity contribution in [3.63, 3.8) is 0 Å². The van der Waals surface area contributed by atoms with Gasteiger partial charge in [0.05, 0.1) is 17.3 Å². The van der Waals surface area contributed by atoms with E-state index < -0.39 is 11.2 Å². The zero-order valence-electron chi connectivity index (χ0n) is 13.1. The van der Waals surface area contributed by atoms with Gasteiger partial charge in [0.1, 0.15) is 5.65 Å². The fourth-order valence-electron chi connectivity index (χ4n) is 2.85. The van der Waals surface area contributed by atoms with Gasteiger partial charge in [0.15, 0.2) is 0 Å². The van der Waals surface area contributed by atoms with Crippen molar-refractivity contribution in [2.75, 3.05) is 5.32 Å². The van der Waals surface area contributed by atoms with Crippen molar-refractivity contribution in [2.24, 2.45) is 20.0 Å². The molecule has 2 aromatic rings. The Hall–Kier alpha value is -2.70. The van der Waals surface area contributed by atoms with E-state index in [1.54, 1.807) is 13.1 Å². The molecule has 1 aliphatic carbocycles. The Kier molecular flexibility index (Phi) is 3.85. The second kappa shape index (κ2) is 5.83. The Morgan fingerprint density at radius 2 is 2.13 bits per heavy atom. The van der Waals surface area contributed by atoms with E-state index in [1.807, 2.05) is 0 Å². The molecule has 120 valence electrons. The van der Waals surface area contributed by atoms with Crippen LogP contribution in [0, 0.1) is 5.92 Å². The molecule has 0 aromatic carbocycles. The van der Waals surface area contributed by atoms with Gasteiger partial charge in [-0.05, 0) is 24.8 Å². The van der Waals surface area contributed by atoms with Gasteiger partial charge >= 0.3 is 5.69 Å². The van der Waals surface area contributed by atoms with Gasteiger partial charge in [-0.1, -0.05) is 12.2 Å². The molecule has 7 nitrogen and oxygen atoms in total. The average Bonchev–Trinajstić information content (AvgIpc) is 3.03. The number of aromatic nitrogens is 3. The summed E-state index contributed by atoms with van der Waals surface area (Å²) in [7, 11) is 2.98. The molecule has 0 fully saturated rings. The van der Waals surface area contributed by atoms with Crippen molar-refractivity contribution >= 4 is 22.6 Å². The molecule has 0 radical (unpaired) electrons. The Bertz CT molecular complexity index is 923. The third kappa shape index (κ3) is 2.81. The van der Waals surface area contributed by atoms with E-state index in [-0.39, 0.29) is 11.8 Å².